The lowest BCUT2D eigenvalue weighted by molar-refractivity contribution is -0.0609. The summed E-state index contributed by atoms with van der Waals surface area (Å²) in [5.41, 5.74) is 0.706. The molecule has 0 radical (unpaired) electrons. The summed E-state index contributed by atoms with van der Waals surface area (Å²) in [6.07, 6.45) is -3.08. The first-order chi connectivity index (χ1) is 19.0. The summed E-state index contributed by atoms with van der Waals surface area (Å²) in [4.78, 5) is 4.79. The van der Waals surface area contributed by atoms with Gasteiger partial charge in [0.05, 0.1) is 19.5 Å². The first-order valence-electron chi connectivity index (χ1n) is 13.2. The van der Waals surface area contributed by atoms with E-state index in [0.29, 0.717) is 11.5 Å². The van der Waals surface area contributed by atoms with Gasteiger partial charge in [0.2, 0.25) is 5.90 Å². The Bertz CT molecular complexity index is 1340. The lowest BCUT2D eigenvalue weighted by Gasteiger charge is -2.43. The van der Waals surface area contributed by atoms with Crippen LogP contribution in [0.15, 0.2) is 96.0 Å². The van der Waals surface area contributed by atoms with Gasteiger partial charge in [-0.15, -0.1) is 0 Å². The number of hydrogen-bond acceptors (Lipinski definition) is 8. The smallest absolute Gasteiger partial charge is 0.264 e. The van der Waals surface area contributed by atoms with Gasteiger partial charge in [-0.05, 0) is 27.5 Å². The minimum absolute atomic E-state index is 0.0857. The Morgan fingerprint density at radius 1 is 0.925 bits per heavy atom. The predicted octanol–water partition coefficient (Wildman–Crippen LogP) is 2.48. The third-order valence-electron chi connectivity index (χ3n) is 7.01. The summed E-state index contributed by atoms with van der Waals surface area (Å²) < 4.78 is 41.8. The average molecular weight is 584 g/mol. The van der Waals surface area contributed by atoms with E-state index in [1.165, 1.54) is 0 Å². The number of nitrogens with zero attached hydrogens (tertiary/aromatic N) is 1. The number of benzene rings is 3. The quantitative estimate of drug-likeness (QED) is 0.263. The van der Waals surface area contributed by atoms with Gasteiger partial charge < -0.3 is 19.4 Å². The molecular formula is C30H37NO7SSi. The molecule has 0 fully saturated rings. The SMILES string of the molecule is CC(C)(C)[Si](OC[C@@H]1N=C(c2ccccc2)O[C@@H]1[C@H](O)[C@@H](CO)OS(C)(=O)=O)(c1ccccc1)c1ccccc1. The van der Waals surface area contributed by atoms with Crippen LogP contribution in [0.5, 0.6) is 0 Å². The topological polar surface area (TPSA) is 115 Å². The molecule has 214 valence electrons. The van der Waals surface area contributed by atoms with Crippen LogP contribution in [0.2, 0.25) is 5.04 Å². The summed E-state index contributed by atoms with van der Waals surface area (Å²) in [7, 11) is -6.90. The van der Waals surface area contributed by atoms with Gasteiger partial charge >= 0.3 is 0 Å². The van der Waals surface area contributed by atoms with Crippen molar-refractivity contribution < 1.29 is 32.0 Å². The van der Waals surface area contributed by atoms with Gasteiger partial charge in [0.25, 0.3) is 18.4 Å². The molecule has 0 aromatic heterocycles. The van der Waals surface area contributed by atoms with E-state index in [1.54, 1.807) is 0 Å². The highest BCUT2D eigenvalue weighted by molar-refractivity contribution is 7.86. The molecule has 10 heteroatoms. The largest absolute Gasteiger partial charge is 0.469 e. The summed E-state index contributed by atoms with van der Waals surface area (Å²) in [6, 6.07) is 28.8. The zero-order valence-corrected chi connectivity index (χ0v) is 25.0. The second kappa shape index (κ2) is 12.3. The fourth-order valence-corrected chi connectivity index (χ4v) is 10.4. The summed E-state index contributed by atoms with van der Waals surface area (Å²) >= 11 is 0. The van der Waals surface area contributed by atoms with Crippen LogP contribution < -0.4 is 10.4 Å². The van der Waals surface area contributed by atoms with Crippen molar-refractivity contribution in [1.29, 1.82) is 0 Å². The van der Waals surface area contributed by atoms with Crippen molar-refractivity contribution in [1.82, 2.24) is 0 Å². The zero-order chi connectivity index (χ0) is 29.0. The fraction of sp³-hybridized carbons (Fsp3) is 0.367. The molecule has 3 aromatic rings. The minimum Gasteiger partial charge on any atom is -0.469 e. The Labute approximate surface area is 237 Å². The predicted molar refractivity (Wildman–Crippen MR) is 158 cm³/mol. The van der Waals surface area contributed by atoms with Gasteiger partial charge in [-0.3, -0.25) is 4.18 Å². The molecule has 1 heterocycles. The Kier molecular flexibility index (Phi) is 9.28. The highest BCUT2D eigenvalue weighted by Crippen LogP contribution is 2.37. The molecule has 0 unspecified atom stereocenters. The van der Waals surface area contributed by atoms with Crippen LogP contribution in [0.1, 0.15) is 26.3 Å². The maximum atomic E-state index is 11.8. The van der Waals surface area contributed by atoms with Crippen LogP contribution in [0, 0.1) is 0 Å². The molecular weight excluding hydrogens is 546 g/mol. The van der Waals surface area contributed by atoms with E-state index >= 15 is 0 Å². The van der Waals surface area contributed by atoms with E-state index in [-0.39, 0.29) is 11.6 Å². The van der Waals surface area contributed by atoms with Crippen LogP contribution in [0.25, 0.3) is 0 Å². The van der Waals surface area contributed by atoms with Crippen LogP contribution in [-0.4, -0.2) is 76.7 Å². The monoisotopic (exact) mass is 583 g/mol. The van der Waals surface area contributed by atoms with Crippen molar-refractivity contribution in [3.63, 3.8) is 0 Å². The van der Waals surface area contributed by atoms with Gasteiger partial charge in [0.15, 0.2) is 6.10 Å². The Morgan fingerprint density at radius 3 is 1.88 bits per heavy atom. The molecule has 0 saturated heterocycles. The number of ether oxygens (including phenoxy) is 1. The van der Waals surface area contributed by atoms with Crippen LogP contribution >= 0.6 is 0 Å². The fourth-order valence-electron chi connectivity index (χ4n) is 5.22. The molecule has 1 aliphatic rings. The number of rotatable bonds is 11. The second-order valence-electron chi connectivity index (χ2n) is 10.9. The van der Waals surface area contributed by atoms with Crippen molar-refractivity contribution in [3.8, 4) is 0 Å². The molecule has 2 N–H and O–H groups in total. The summed E-state index contributed by atoms with van der Waals surface area (Å²) in [5.74, 6) is 0.303. The van der Waals surface area contributed by atoms with E-state index in [2.05, 4.69) is 45.0 Å². The third-order valence-corrected chi connectivity index (χ3v) is 12.6. The van der Waals surface area contributed by atoms with Crippen LogP contribution in [-0.2, 0) is 23.5 Å². The minimum atomic E-state index is -3.96. The van der Waals surface area contributed by atoms with Crippen molar-refractivity contribution in [2.24, 2.45) is 4.99 Å². The van der Waals surface area contributed by atoms with Gasteiger partial charge in [0.1, 0.15) is 18.2 Å². The van der Waals surface area contributed by atoms with E-state index in [0.717, 1.165) is 16.6 Å². The molecule has 4 rings (SSSR count). The molecule has 40 heavy (non-hydrogen) atoms. The molecule has 0 bridgehead atoms. The third kappa shape index (κ3) is 6.54. The first-order valence-corrected chi connectivity index (χ1v) is 16.9. The van der Waals surface area contributed by atoms with Crippen molar-refractivity contribution >= 4 is 34.7 Å². The maximum absolute atomic E-state index is 11.8. The molecule has 0 amide bonds. The zero-order valence-electron chi connectivity index (χ0n) is 23.2. The van der Waals surface area contributed by atoms with Gasteiger partial charge in [-0.2, -0.15) is 8.42 Å². The Hall–Kier alpha value is -2.86. The second-order valence-corrected chi connectivity index (χ2v) is 16.8. The van der Waals surface area contributed by atoms with Crippen molar-refractivity contribution in [2.75, 3.05) is 19.5 Å². The molecule has 0 saturated carbocycles. The highest BCUT2D eigenvalue weighted by atomic mass is 32.2. The maximum Gasteiger partial charge on any atom is 0.264 e. The molecule has 1 aliphatic heterocycles. The van der Waals surface area contributed by atoms with E-state index in [1.807, 2.05) is 66.7 Å². The van der Waals surface area contributed by atoms with Gasteiger partial charge in [-0.25, -0.2) is 4.99 Å². The standard InChI is InChI=1S/C30H37NO7SSi/c1-30(2,3)40(23-16-10-6-11-17-23,24-18-12-7-13-19-24)36-21-25-28(27(33)26(20-32)38-39(4,34)35)37-29(31-25)22-14-8-5-9-15-22/h5-19,25-28,32-33H,20-21H2,1-4H3/t25-,26+,27+,28-/m0/s1. The van der Waals surface area contributed by atoms with E-state index in [9.17, 15) is 18.6 Å². The lowest BCUT2D eigenvalue weighted by atomic mass is 10.0. The summed E-state index contributed by atoms with van der Waals surface area (Å²) in [5, 5.41) is 23.0. The average Bonchev–Trinajstić information content (AvgIpc) is 3.36. The highest BCUT2D eigenvalue weighted by Gasteiger charge is 2.52. The van der Waals surface area contributed by atoms with Gasteiger partial charge in [-0.1, -0.05) is 99.6 Å². The molecule has 0 aliphatic carbocycles. The molecule has 0 spiro atoms. The lowest BCUT2D eigenvalue weighted by Crippen LogP contribution is -2.67. The number of hydrogen-bond donors (Lipinski definition) is 2. The van der Waals surface area contributed by atoms with E-state index in [4.69, 9.17) is 18.3 Å². The molecule has 8 nitrogen and oxygen atoms in total. The van der Waals surface area contributed by atoms with Gasteiger partial charge in [0, 0.05) is 5.56 Å². The molecule has 3 aromatic carbocycles. The van der Waals surface area contributed by atoms with Crippen molar-refractivity contribution in [3.05, 3.63) is 96.6 Å². The van der Waals surface area contributed by atoms with Crippen LogP contribution in [0.3, 0.4) is 0 Å². The number of aliphatic imine (C=N–C) groups is 1. The first kappa shape index (κ1) is 30.1. The molecule has 4 atom stereocenters. The normalized spacial score (nSPS) is 19.5. The number of aliphatic hydroxyl groups is 2. The Balaban J connectivity index is 1.75. The van der Waals surface area contributed by atoms with Crippen molar-refractivity contribution in [2.45, 2.75) is 50.2 Å². The van der Waals surface area contributed by atoms with Crippen LogP contribution in [0.4, 0.5) is 0 Å². The van der Waals surface area contributed by atoms with E-state index < -0.39 is 49.4 Å². The number of aliphatic hydroxyl groups excluding tert-OH is 2. The Morgan fingerprint density at radius 2 is 1.43 bits per heavy atom. The summed E-state index contributed by atoms with van der Waals surface area (Å²) in [6.45, 7) is 5.85.